The maximum Gasteiger partial charge on any atom is 0.369 e. The van der Waals surface area contributed by atoms with Crippen LogP contribution in [-0.4, -0.2) is 24.0 Å². The number of allylic oxidation sites excluding steroid dienone is 1. The molecule has 2 rings (SSSR count). The van der Waals surface area contributed by atoms with Crippen LogP contribution >= 0.6 is 0 Å². The van der Waals surface area contributed by atoms with Gasteiger partial charge < -0.3 is 4.84 Å². The van der Waals surface area contributed by atoms with Gasteiger partial charge in [-0.1, -0.05) is 24.8 Å². The third kappa shape index (κ3) is 4.58. The third-order valence-corrected chi connectivity index (χ3v) is 3.88. The Kier molecular flexibility index (Phi) is 6.68. The van der Waals surface area contributed by atoms with Gasteiger partial charge in [0.25, 0.3) is 5.91 Å². The molecule has 10 heteroatoms. The molecule has 0 aliphatic heterocycles. The van der Waals surface area contributed by atoms with Gasteiger partial charge in [-0.2, -0.15) is 5.06 Å². The van der Waals surface area contributed by atoms with Gasteiger partial charge >= 0.3 is 5.97 Å². The molecule has 29 heavy (non-hydrogen) atoms. The Bertz CT molecular complexity index is 963. The zero-order chi connectivity index (χ0) is 21.9. The minimum Gasteiger partial charge on any atom is -0.333 e. The predicted molar refractivity (Wildman–Crippen MR) is 89.1 cm³/mol. The smallest absolute Gasteiger partial charge is 0.333 e. The molecular weight excluding hydrogens is 404 g/mol. The SMILES string of the molecule is C=C(CCC(=O)N(C)OC(=O)c1c(F)c(F)c(F)c(F)c1F)c1ccccc1F. The zero-order valence-corrected chi connectivity index (χ0v) is 14.9. The van der Waals surface area contributed by atoms with E-state index in [-0.39, 0.29) is 29.0 Å². The van der Waals surface area contributed by atoms with Crippen molar-refractivity contribution in [2.24, 2.45) is 0 Å². The van der Waals surface area contributed by atoms with Crippen LogP contribution in [-0.2, 0) is 9.63 Å². The summed E-state index contributed by atoms with van der Waals surface area (Å²) in [5, 5.41) is 0.273. The molecule has 0 saturated heterocycles. The van der Waals surface area contributed by atoms with Gasteiger partial charge in [0.05, 0.1) is 0 Å². The van der Waals surface area contributed by atoms with E-state index in [1.165, 1.54) is 18.2 Å². The van der Waals surface area contributed by atoms with Crippen molar-refractivity contribution in [3.05, 3.63) is 76.9 Å². The first-order valence-electron chi connectivity index (χ1n) is 7.99. The number of nitrogens with zero attached hydrogens (tertiary/aromatic N) is 1. The Morgan fingerprint density at radius 2 is 1.41 bits per heavy atom. The van der Waals surface area contributed by atoms with Crippen molar-refractivity contribution in [3.8, 4) is 0 Å². The van der Waals surface area contributed by atoms with Crippen LogP contribution in [0, 0.1) is 34.9 Å². The molecule has 2 aromatic carbocycles. The van der Waals surface area contributed by atoms with E-state index < -0.39 is 52.3 Å². The molecule has 0 heterocycles. The fourth-order valence-electron chi connectivity index (χ4n) is 2.30. The van der Waals surface area contributed by atoms with Crippen molar-refractivity contribution in [3.63, 3.8) is 0 Å². The summed E-state index contributed by atoms with van der Waals surface area (Å²) in [6.45, 7) is 3.64. The van der Waals surface area contributed by atoms with Crippen LogP contribution in [0.5, 0.6) is 0 Å². The standard InChI is InChI=1S/C19H13F6NO3/c1-9(10-5-3-4-6-11(10)20)7-8-12(27)26(2)29-19(28)13-14(21)16(23)18(25)17(24)15(13)22/h3-6H,1,7-8H2,2H3. The molecule has 0 atom stereocenters. The molecule has 1 amide bonds. The number of hydroxylamine groups is 2. The third-order valence-electron chi connectivity index (χ3n) is 3.88. The summed E-state index contributed by atoms with van der Waals surface area (Å²) in [5.74, 6) is -15.3. The molecule has 0 unspecified atom stereocenters. The molecule has 0 aliphatic rings. The highest BCUT2D eigenvalue weighted by atomic mass is 19.2. The summed E-state index contributed by atoms with van der Waals surface area (Å²) < 4.78 is 80.3. The Morgan fingerprint density at radius 1 is 0.897 bits per heavy atom. The molecule has 0 bridgehead atoms. The number of halogens is 6. The fourth-order valence-corrected chi connectivity index (χ4v) is 2.30. The largest absolute Gasteiger partial charge is 0.369 e. The Labute approximate surface area is 160 Å². The summed E-state index contributed by atoms with van der Waals surface area (Å²) >= 11 is 0. The van der Waals surface area contributed by atoms with E-state index in [1.54, 1.807) is 6.07 Å². The van der Waals surface area contributed by atoms with Gasteiger partial charge in [0.1, 0.15) is 11.4 Å². The molecule has 0 fully saturated rings. The van der Waals surface area contributed by atoms with Crippen LogP contribution in [0.2, 0.25) is 0 Å². The highest BCUT2D eigenvalue weighted by Crippen LogP contribution is 2.24. The van der Waals surface area contributed by atoms with Crippen molar-refractivity contribution in [1.29, 1.82) is 0 Å². The number of hydrogen-bond donors (Lipinski definition) is 0. The number of benzene rings is 2. The van der Waals surface area contributed by atoms with Crippen LogP contribution in [0.4, 0.5) is 26.3 Å². The van der Waals surface area contributed by atoms with E-state index in [4.69, 9.17) is 0 Å². The maximum absolute atomic E-state index is 13.7. The molecule has 0 spiro atoms. The molecule has 0 radical (unpaired) electrons. The van der Waals surface area contributed by atoms with Crippen molar-refractivity contribution < 1.29 is 40.8 Å². The minimum atomic E-state index is -2.44. The van der Waals surface area contributed by atoms with Crippen LogP contribution in [0.1, 0.15) is 28.8 Å². The minimum absolute atomic E-state index is 0.0514. The average Bonchev–Trinajstić information content (AvgIpc) is 2.69. The van der Waals surface area contributed by atoms with Crippen molar-refractivity contribution in [1.82, 2.24) is 5.06 Å². The first kappa shape index (κ1) is 22.0. The average molecular weight is 417 g/mol. The highest BCUT2D eigenvalue weighted by molar-refractivity contribution is 5.91. The maximum atomic E-state index is 13.7. The van der Waals surface area contributed by atoms with Gasteiger partial charge in [0.15, 0.2) is 23.3 Å². The second kappa shape index (κ2) is 8.80. The summed E-state index contributed by atoms with van der Waals surface area (Å²) in [6.07, 6.45) is -0.391. The van der Waals surface area contributed by atoms with E-state index in [9.17, 15) is 35.9 Å². The van der Waals surface area contributed by atoms with Crippen molar-refractivity contribution >= 4 is 17.4 Å². The summed E-state index contributed by atoms with van der Waals surface area (Å²) in [6, 6.07) is 5.66. The molecule has 0 N–H and O–H groups in total. The second-order valence-electron chi connectivity index (χ2n) is 5.80. The molecule has 0 saturated carbocycles. The van der Waals surface area contributed by atoms with E-state index in [0.29, 0.717) is 0 Å². The van der Waals surface area contributed by atoms with E-state index >= 15 is 0 Å². The zero-order valence-electron chi connectivity index (χ0n) is 14.9. The number of carbonyl (C=O) groups excluding carboxylic acids is 2. The van der Waals surface area contributed by atoms with E-state index in [0.717, 1.165) is 7.05 Å². The lowest BCUT2D eigenvalue weighted by Gasteiger charge is -2.17. The first-order valence-corrected chi connectivity index (χ1v) is 7.99. The van der Waals surface area contributed by atoms with E-state index in [2.05, 4.69) is 11.4 Å². The second-order valence-corrected chi connectivity index (χ2v) is 5.80. The quantitative estimate of drug-likeness (QED) is 0.311. The van der Waals surface area contributed by atoms with Gasteiger partial charge in [-0.15, -0.1) is 0 Å². The molecular formula is C19H13F6NO3. The van der Waals surface area contributed by atoms with Crippen molar-refractivity contribution in [2.75, 3.05) is 7.05 Å². The van der Waals surface area contributed by atoms with Gasteiger partial charge in [0, 0.05) is 19.0 Å². The number of carbonyl (C=O) groups is 2. The Morgan fingerprint density at radius 3 is 1.97 bits per heavy atom. The lowest BCUT2D eigenvalue weighted by Crippen LogP contribution is -2.31. The fraction of sp³-hybridized carbons (Fsp3) is 0.158. The normalized spacial score (nSPS) is 10.6. The van der Waals surface area contributed by atoms with E-state index in [1.807, 2.05) is 0 Å². The lowest BCUT2D eigenvalue weighted by atomic mass is 10.0. The molecule has 154 valence electrons. The van der Waals surface area contributed by atoms with Gasteiger partial charge in [-0.25, -0.2) is 31.1 Å². The molecule has 0 aromatic heterocycles. The number of hydrogen-bond acceptors (Lipinski definition) is 3. The molecule has 0 aliphatic carbocycles. The highest BCUT2D eigenvalue weighted by Gasteiger charge is 2.32. The molecule has 2 aromatic rings. The number of amides is 1. The topological polar surface area (TPSA) is 46.6 Å². The summed E-state index contributed by atoms with van der Waals surface area (Å²) in [7, 11) is 0.901. The van der Waals surface area contributed by atoms with Crippen LogP contribution < -0.4 is 0 Å². The van der Waals surface area contributed by atoms with Crippen LogP contribution in [0.25, 0.3) is 5.57 Å². The monoisotopic (exact) mass is 417 g/mol. The van der Waals surface area contributed by atoms with Gasteiger partial charge in [-0.05, 0) is 18.1 Å². The van der Waals surface area contributed by atoms with Crippen LogP contribution in [0.3, 0.4) is 0 Å². The number of rotatable bonds is 5. The molecule has 4 nitrogen and oxygen atoms in total. The lowest BCUT2D eigenvalue weighted by molar-refractivity contribution is -0.161. The van der Waals surface area contributed by atoms with Crippen molar-refractivity contribution in [2.45, 2.75) is 12.8 Å². The first-order chi connectivity index (χ1) is 13.6. The summed E-state index contributed by atoms with van der Waals surface area (Å²) in [4.78, 5) is 28.2. The summed E-state index contributed by atoms with van der Waals surface area (Å²) in [5.41, 5.74) is -1.41. The predicted octanol–water partition coefficient (Wildman–Crippen LogP) is 4.55. The Hall–Kier alpha value is -3.30. The van der Waals surface area contributed by atoms with Gasteiger partial charge in [-0.3, -0.25) is 4.79 Å². The van der Waals surface area contributed by atoms with Gasteiger partial charge in [0.2, 0.25) is 5.82 Å². The Balaban J connectivity index is 2.06. The van der Waals surface area contributed by atoms with Crippen LogP contribution in [0.15, 0.2) is 30.8 Å².